The lowest BCUT2D eigenvalue weighted by Gasteiger charge is -2.45. The molecule has 1 saturated heterocycles. The molecule has 31 heavy (non-hydrogen) atoms. The van der Waals surface area contributed by atoms with Gasteiger partial charge in [-0.15, -0.1) is 0 Å². The minimum atomic E-state index is -1.05. The summed E-state index contributed by atoms with van der Waals surface area (Å²) in [5.74, 6) is -1.34. The van der Waals surface area contributed by atoms with Gasteiger partial charge in [-0.3, -0.25) is 9.69 Å². The highest BCUT2D eigenvalue weighted by molar-refractivity contribution is 6.42. The predicted molar refractivity (Wildman–Crippen MR) is 121 cm³/mol. The smallest absolute Gasteiger partial charge is 0.341 e. The van der Waals surface area contributed by atoms with Crippen molar-refractivity contribution in [1.82, 2.24) is 10.2 Å². The van der Waals surface area contributed by atoms with E-state index in [2.05, 4.69) is 10.2 Å². The summed E-state index contributed by atoms with van der Waals surface area (Å²) in [6.45, 7) is 3.28. The number of rotatable bonds is 8. The van der Waals surface area contributed by atoms with E-state index in [1.165, 1.54) is 0 Å². The largest absolute Gasteiger partial charge is 0.482 e. The maximum Gasteiger partial charge on any atom is 0.341 e. The van der Waals surface area contributed by atoms with Gasteiger partial charge in [0.05, 0.1) is 21.5 Å². The number of carbonyl (C=O) groups is 2. The standard InChI is InChI=1S/C23H26Cl2N2O4/c1-23(27-10-3-4-11-27,16-6-5-7-17(13-16)31-14-20(28)29)21(22(30)26-2)15-8-9-18(24)19(25)12-15/h5-9,12-13,21H,3-4,10-11,14H2,1-2H3,(H,26,30)(H,28,29). The quantitative estimate of drug-likeness (QED) is 0.608. The van der Waals surface area contributed by atoms with Crippen molar-refractivity contribution in [1.29, 1.82) is 0 Å². The minimum Gasteiger partial charge on any atom is -0.482 e. The zero-order valence-electron chi connectivity index (χ0n) is 17.5. The molecule has 166 valence electrons. The average Bonchev–Trinajstić information content (AvgIpc) is 3.30. The molecule has 8 heteroatoms. The van der Waals surface area contributed by atoms with Gasteiger partial charge in [0.1, 0.15) is 5.75 Å². The van der Waals surface area contributed by atoms with Crippen LogP contribution >= 0.6 is 23.2 Å². The number of carbonyl (C=O) groups excluding carboxylic acids is 1. The summed E-state index contributed by atoms with van der Waals surface area (Å²) in [4.78, 5) is 26.5. The molecule has 1 aliphatic heterocycles. The van der Waals surface area contributed by atoms with E-state index in [0.29, 0.717) is 15.8 Å². The van der Waals surface area contributed by atoms with E-state index < -0.39 is 24.0 Å². The molecule has 2 N–H and O–H groups in total. The third-order valence-corrected chi connectivity index (χ3v) is 6.63. The van der Waals surface area contributed by atoms with E-state index in [-0.39, 0.29) is 5.91 Å². The molecule has 3 rings (SSSR count). The van der Waals surface area contributed by atoms with E-state index in [1.54, 1.807) is 25.2 Å². The van der Waals surface area contributed by atoms with E-state index in [0.717, 1.165) is 37.1 Å². The second-order valence-corrected chi connectivity index (χ2v) is 8.59. The molecule has 2 aromatic carbocycles. The lowest BCUT2D eigenvalue weighted by atomic mass is 9.74. The van der Waals surface area contributed by atoms with Crippen molar-refractivity contribution in [2.24, 2.45) is 0 Å². The zero-order chi connectivity index (χ0) is 22.6. The number of carboxylic acid groups (broad SMARTS) is 1. The number of hydrogen-bond acceptors (Lipinski definition) is 4. The van der Waals surface area contributed by atoms with Gasteiger partial charge in [-0.1, -0.05) is 41.4 Å². The molecule has 2 atom stereocenters. The van der Waals surface area contributed by atoms with E-state index in [1.807, 2.05) is 31.2 Å². The summed E-state index contributed by atoms with van der Waals surface area (Å²) >= 11 is 12.4. The van der Waals surface area contributed by atoms with Crippen LogP contribution in [0.2, 0.25) is 10.0 Å². The number of ether oxygens (including phenoxy) is 1. The van der Waals surface area contributed by atoms with E-state index >= 15 is 0 Å². The molecule has 1 aliphatic rings. The summed E-state index contributed by atoms with van der Waals surface area (Å²) in [5.41, 5.74) is 0.882. The van der Waals surface area contributed by atoms with Gasteiger partial charge < -0.3 is 15.2 Å². The monoisotopic (exact) mass is 464 g/mol. The summed E-state index contributed by atoms with van der Waals surface area (Å²) in [7, 11) is 1.61. The van der Waals surface area contributed by atoms with Crippen molar-refractivity contribution >= 4 is 35.1 Å². The highest BCUT2D eigenvalue weighted by Gasteiger charge is 2.46. The third kappa shape index (κ3) is 4.97. The number of carboxylic acids is 1. The van der Waals surface area contributed by atoms with Gasteiger partial charge in [0, 0.05) is 7.05 Å². The highest BCUT2D eigenvalue weighted by Crippen LogP contribution is 2.45. The van der Waals surface area contributed by atoms with Gasteiger partial charge in [0.25, 0.3) is 0 Å². The Labute approximate surface area is 192 Å². The average molecular weight is 465 g/mol. The first-order valence-corrected chi connectivity index (χ1v) is 10.9. The molecule has 0 bridgehead atoms. The fourth-order valence-electron chi connectivity index (χ4n) is 4.33. The number of halogens is 2. The Balaban J connectivity index is 2.15. The Bertz CT molecular complexity index is 962. The van der Waals surface area contributed by atoms with Crippen LogP contribution < -0.4 is 10.1 Å². The Morgan fingerprint density at radius 3 is 2.48 bits per heavy atom. The lowest BCUT2D eigenvalue weighted by Crippen LogP contribution is -2.51. The number of likely N-dealkylation sites (tertiary alicyclic amines) is 1. The first kappa shape index (κ1) is 23.4. The predicted octanol–water partition coefficient (Wildman–Crippen LogP) is 4.30. The van der Waals surface area contributed by atoms with Crippen LogP contribution in [-0.2, 0) is 15.1 Å². The van der Waals surface area contributed by atoms with Gasteiger partial charge in [-0.2, -0.15) is 0 Å². The number of nitrogens with one attached hydrogen (secondary N) is 1. The van der Waals surface area contributed by atoms with Crippen LogP contribution in [0.4, 0.5) is 0 Å². The second-order valence-electron chi connectivity index (χ2n) is 7.77. The van der Waals surface area contributed by atoms with E-state index in [9.17, 15) is 9.59 Å². The SMILES string of the molecule is CNC(=O)C(c1ccc(Cl)c(Cl)c1)C(C)(c1cccc(OCC(=O)O)c1)N1CCCC1. The molecule has 2 unspecified atom stereocenters. The topological polar surface area (TPSA) is 78.9 Å². The molecular formula is C23H26Cl2N2O4. The maximum atomic E-state index is 13.3. The lowest BCUT2D eigenvalue weighted by molar-refractivity contribution is -0.139. The molecule has 0 spiro atoms. The van der Waals surface area contributed by atoms with Crippen LogP contribution in [0.25, 0.3) is 0 Å². The molecule has 0 aromatic heterocycles. The molecule has 1 amide bonds. The fraction of sp³-hybridized carbons (Fsp3) is 0.391. The van der Waals surface area contributed by atoms with Crippen LogP contribution in [0.5, 0.6) is 5.75 Å². The Kier molecular flexibility index (Phi) is 7.46. The number of likely N-dealkylation sites (N-methyl/N-ethyl adjacent to an activating group) is 1. The minimum absolute atomic E-state index is 0.148. The first-order chi connectivity index (χ1) is 14.8. The highest BCUT2D eigenvalue weighted by atomic mass is 35.5. The second kappa shape index (κ2) is 9.90. The van der Waals surface area contributed by atoms with Crippen molar-refractivity contribution in [3.63, 3.8) is 0 Å². The van der Waals surface area contributed by atoms with Crippen molar-refractivity contribution < 1.29 is 19.4 Å². The summed E-state index contributed by atoms with van der Waals surface area (Å²) < 4.78 is 5.42. The molecule has 0 aliphatic carbocycles. The van der Waals surface area contributed by atoms with Crippen molar-refractivity contribution in [2.45, 2.75) is 31.2 Å². The summed E-state index contributed by atoms with van der Waals surface area (Å²) in [6, 6.07) is 12.6. The first-order valence-electron chi connectivity index (χ1n) is 10.1. The number of amides is 1. The van der Waals surface area contributed by atoms with Crippen LogP contribution in [0.1, 0.15) is 36.8 Å². The third-order valence-electron chi connectivity index (χ3n) is 5.89. The summed E-state index contributed by atoms with van der Waals surface area (Å²) in [6.07, 6.45) is 2.07. The molecule has 6 nitrogen and oxygen atoms in total. The van der Waals surface area contributed by atoms with Gasteiger partial charge in [-0.25, -0.2) is 4.79 Å². The molecule has 2 aromatic rings. The Hall–Kier alpha value is -2.28. The van der Waals surface area contributed by atoms with Crippen molar-refractivity contribution in [2.75, 3.05) is 26.7 Å². The van der Waals surface area contributed by atoms with Crippen LogP contribution in [0.3, 0.4) is 0 Å². The number of aliphatic carboxylic acids is 1. The van der Waals surface area contributed by atoms with E-state index in [4.69, 9.17) is 33.0 Å². The van der Waals surface area contributed by atoms with Crippen molar-refractivity contribution in [3.05, 3.63) is 63.6 Å². The van der Waals surface area contributed by atoms with Crippen LogP contribution in [0.15, 0.2) is 42.5 Å². The van der Waals surface area contributed by atoms with Crippen LogP contribution in [0, 0.1) is 0 Å². The molecule has 0 radical (unpaired) electrons. The maximum absolute atomic E-state index is 13.3. The van der Waals surface area contributed by atoms with Crippen molar-refractivity contribution in [3.8, 4) is 5.75 Å². The summed E-state index contributed by atoms with van der Waals surface area (Å²) in [5, 5.41) is 12.6. The Morgan fingerprint density at radius 2 is 1.87 bits per heavy atom. The normalized spacial score (nSPS) is 17.0. The zero-order valence-corrected chi connectivity index (χ0v) is 19.0. The molecule has 1 fully saturated rings. The van der Waals surface area contributed by atoms with Gasteiger partial charge >= 0.3 is 5.97 Å². The molecule has 1 heterocycles. The molecular weight excluding hydrogens is 439 g/mol. The van der Waals surface area contributed by atoms with Crippen LogP contribution in [-0.4, -0.2) is 48.6 Å². The Morgan fingerprint density at radius 1 is 1.16 bits per heavy atom. The van der Waals surface area contributed by atoms with Gasteiger partial charge in [0.2, 0.25) is 5.91 Å². The fourth-order valence-corrected chi connectivity index (χ4v) is 4.63. The molecule has 0 saturated carbocycles. The number of hydrogen-bond donors (Lipinski definition) is 2. The van der Waals surface area contributed by atoms with Gasteiger partial charge in [0.15, 0.2) is 6.61 Å². The number of benzene rings is 2. The van der Waals surface area contributed by atoms with Gasteiger partial charge in [-0.05, 0) is 68.2 Å². The number of nitrogens with zero attached hydrogens (tertiary/aromatic N) is 1.